The van der Waals surface area contributed by atoms with Crippen LogP contribution in [-0.4, -0.2) is 35.1 Å². The lowest BCUT2D eigenvalue weighted by Gasteiger charge is -2.24. The summed E-state index contributed by atoms with van der Waals surface area (Å²) in [7, 11) is 0. The Morgan fingerprint density at radius 1 is 1.04 bits per heavy atom. The third-order valence-corrected chi connectivity index (χ3v) is 5.35. The number of aliphatic carboxylic acids is 1. The van der Waals surface area contributed by atoms with Gasteiger partial charge >= 0.3 is 5.97 Å². The molecule has 1 unspecified atom stereocenters. The van der Waals surface area contributed by atoms with E-state index in [1.165, 1.54) is 4.90 Å². The number of nitrogens with zero attached hydrogens (tertiary/aromatic N) is 1. The van der Waals surface area contributed by atoms with Crippen LogP contribution >= 0.6 is 11.8 Å². The zero-order valence-electron chi connectivity index (χ0n) is 13.0. The zero-order valence-corrected chi connectivity index (χ0v) is 13.8. The first-order chi connectivity index (χ1) is 11.2. The summed E-state index contributed by atoms with van der Waals surface area (Å²) in [5.74, 6) is -0.716. The number of hydrogen-bond donors (Lipinski definition) is 1. The normalized spacial score (nSPS) is 16.3. The van der Waals surface area contributed by atoms with E-state index in [2.05, 4.69) is 29.2 Å². The Labute approximate surface area is 141 Å². The molecular formula is C19H21NO2S. The quantitative estimate of drug-likeness (QED) is 0.873. The summed E-state index contributed by atoms with van der Waals surface area (Å²) in [5, 5.41) is 9.63. The number of benzene rings is 2. The van der Waals surface area contributed by atoms with Gasteiger partial charge in [0, 0.05) is 9.79 Å². The Kier molecular flexibility index (Phi) is 5.36. The first kappa shape index (κ1) is 16.1. The molecule has 1 saturated heterocycles. The molecule has 1 N–H and O–H groups in total. The highest BCUT2D eigenvalue weighted by Crippen LogP contribution is 2.31. The molecule has 0 amide bonds. The fourth-order valence-electron chi connectivity index (χ4n) is 3.02. The van der Waals surface area contributed by atoms with Crippen molar-refractivity contribution in [2.24, 2.45) is 0 Å². The highest BCUT2D eigenvalue weighted by molar-refractivity contribution is 7.99. The molecule has 1 heterocycles. The molecule has 0 bridgehead atoms. The van der Waals surface area contributed by atoms with Crippen molar-refractivity contribution in [2.45, 2.75) is 35.1 Å². The zero-order chi connectivity index (χ0) is 16.1. The van der Waals surface area contributed by atoms with Crippen LogP contribution in [0, 0.1) is 0 Å². The van der Waals surface area contributed by atoms with E-state index in [1.54, 1.807) is 11.8 Å². The fourth-order valence-corrected chi connectivity index (χ4v) is 4.00. The minimum atomic E-state index is -0.716. The summed E-state index contributed by atoms with van der Waals surface area (Å²) in [6.07, 6.45) is 2.76. The average molecular weight is 327 g/mol. The van der Waals surface area contributed by atoms with Gasteiger partial charge in [-0.15, -0.1) is 0 Å². The van der Waals surface area contributed by atoms with Crippen molar-refractivity contribution < 1.29 is 9.90 Å². The van der Waals surface area contributed by atoms with E-state index < -0.39 is 12.0 Å². The summed E-state index contributed by atoms with van der Waals surface area (Å²) in [5.41, 5.74) is 1.11. The van der Waals surface area contributed by atoms with E-state index in [-0.39, 0.29) is 0 Å². The predicted molar refractivity (Wildman–Crippen MR) is 92.9 cm³/mol. The van der Waals surface area contributed by atoms with Gasteiger partial charge in [0.05, 0.1) is 0 Å². The molecule has 3 rings (SSSR count). The monoisotopic (exact) mass is 327 g/mol. The molecule has 0 aromatic heterocycles. The predicted octanol–water partition coefficient (Wildman–Crippen LogP) is 3.93. The lowest BCUT2D eigenvalue weighted by molar-refractivity contribution is -0.142. The van der Waals surface area contributed by atoms with Gasteiger partial charge in [-0.05, 0) is 56.1 Å². The Morgan fingerprint density at radius 3 is 2.39 bits per heavy atom. The van der Waals surface area contributed by atoms with Gasteiger partial charge in [-0.2, -0.15) is 0 Å². The SMILES string of the molecule is O=C(O)C(Cc1ccccc1Sc1ccccc1)N1CCCC1. The van der Waals surface area contributed by atoms with Crippen molar-refractivity contribution in [2.75, 3.05) is 13.1 Å². The molecule has 1 fully saturated rings. The second-order valence-electron chi connectivity index (χ2n) is 5.82. The third-order valence-electron chi connectivity index (χ3n) is 4.22. The standard InChI is InChI=1S/C19H21NO2S/c21-19(22)17(20-12-6-7-13-20)14-15-8-4-5-11-18(15)23-16-9-2-1-3-10-16/h1-5,8-11,17H,6-7,12-14H2,(H,21,22). The molecule has 0 aliphatic carbocycles. The highest BCUT2D eigenvalue weighted by Gasteiger charge is 2.28. The molecule has 1 atom stereocenters. The maximum atomic E-state index is 11.7. The van der Waals surface area contributed by atoms with Crippen LogP contribution in [0.4, 0.5) is 0 Å². The van der Waals surface area contributed by atoms with Crippen LogP contribution in [-0.2, 0) is 11.2 Å². The molecule has 2 aromatic rings. The number of carboxylic acids is 1. The molecule has 3 nitrogen and oxygen atoms in total. The molecule has 0 radical (unpaired) electrons. The number of carbonyl (C=O) groups is 1. The minimum absolute atomic E-state index is 0.421. The van der Waals surface area contributed by atoms with E-state index in [9.17, 15) is 9.90 Å². The van der Waals surface area contributed by atoms with Crippen LogP contribution in [0.2, 0.25) is 0 Å². The molecule has 120 valence electrons. The van der Waals surface area contributed by atoms with Gasteiger partial charge < -0.3 is 5.11 Å². The first-order valence-electron chi connectivity index (χ1n) is 8.02. The average Bonchev–Trinajstić information content (AvgIpc) is 3.09. The van der Waals surface area contributed by atoms with Crippen LogP contribution in [0.5, 0.6) is 0 Å². The highest BCUT2D eigenvalue weighted by atomic mass is 32.2. The van der Waals surface area contributed by atoms with E-state index in [1.807, 2.05) is 30.3 Å². The summed E-state index contributed by atoms with van der Waals surface area (Å²) in [4.78, 5) is 16.1. The Bertz CT molecular complexity index is 653. The summed E-state index contributed by atoms with van der Waals surface area (Å²) in [6, 6.07) is 17.9. The van der Waals surface area contributed by atoms with Crippen LogP contribution in [0.15, 0.2) is 64.4 Å². The molecule has 0 saturated carbocycles. The molecule has 0 spiro atoms. The van der Waals surface area contributed by atoms with Crippen molar-refractivity contribution in [3.8, 4) is 0 Å². The number of carboxylic acid groups (broad SMARTS) is 1. The molecular weight excluding hydrogens is 306 g/mol. The van der Waals surface area contributed by atoms with E-state index in [4.69, 9.17) is 0 Å². The molecule has 1 aliphatic rings. The van der Waals surface area contributed by atoms with Crippen LogP contribution in [0.1, 0.15) is 18.4 Å². The second-order valence-corrected chi connectivity index (χ2v) is 6.94. The van der Waals surface area contributed by atoms with Gasteiger partial charge in [-0.3, -0.25) is 9.69 Å². The minimum Gasteiger partial charge on any atom is -0.480 e. The van der Waals surface area contributed by atoms with Crippen LogP contribution in [0.3, 0.4) is 0 Å². The van der Waals surface area contributed by atoms with Crippen molar-refractivity contribution >= 4 is 17.7 Å². The largest absolute Gasteiger partial charge is 0.480 e. The number of hydrogen-bond acceptors (Lipinski definition) is 3. The van der Waals surface area contributed by atoms with Crippen LogP contribution in [0.25, 0.3) is 0 Å². The van der Waals surface area contributed by atoms with Gasteiger partial charge in [0.25, 0.3) is 0 Å². The summed E-state index contributed by atoms with van der Waals surface area (Å²) in [6.45, 7) is 1.79. The lowest BCUT2D eigenvalue weighted by Crippen LogP contribution is -2.40. The van der Waals surface area contributed by atoms with Gasteiger partial charge in [0.15, 0.2) is 0 Å². The summed E-state index contributed by atoms with van der Waals surface area (Å²) >= 11 is 1.70. The van der Waals surface area contributed by atoms with Gasteiger partial charge in [0.2, 0.25) is 0 Å². The van der Waals surface area contributed by atoms with E-state index >= 15 is 0 Å². The molecule has 4 heteroatoms. The maximum absolute atomic E-state index is 11.7. The first-order valence-corrected chi connectivity index (χ1v) is 8.83. The Balaban J connectivity index is 1.80. The lowest BCUT2D eigenvalue weighted by atomic mass is 10.0. The maximum Gasteiger partial charge on any atom is 0.321 e. The number of rotatable bonds is 6. The Hall–Kier alpha value is -1.78. The van der Waals surface area contributed by atoms with E-state index in [0.717, 1.165) is 36.4 Å². The van der Waals surface area contributed by atoms with Gasteiger partial charge in [-0.1, -0.05) is 48.2 Å². The van der Waals surface area contributed by atoms with E-state index in [0.29, 0.717) is 6.42 Å². The molecule has 23 heavy (non-hydrogen) atoms. The smallest absolute Gasteiger partial charge is 0.321 e. The third kappa shape index (κ3) is 4.15. The van der Waals surface area contributed by atoms with Crippen molar-refractivity contribution in [1.82, 2.24) is 4.90 Å². The molecule has 1 aliphatic heterocycles. The topological polar surface area (TPSA) is 40.5 Å². The van der Waals surface area contributed by atoms with Crippen molar-refractivity contribution in [3.05, 3.63) is 60.2 Å². The Morgan fingerprint density at radius 2 is 1.70 bits per heavy atom. The van der Waals surface area contributed by atoms with Crippen molar-refractivity contribution in [3.63, 3.8) is 0 Å². The summed E-state index contributed by atoms with van der Waals surface area (Å²) < 4.78 is 0. The van der Waals surface area contributed by atoms with Gasteiger partial charge in [-0.25, -0.2) is 0 Å². The fraction of sp³-hybridized carbons (Fsp3) is 0.316. The number of likely N-dealkylation sites (tertiary alicyclic amines) is 1. The molecule has 2 aromatic carbocycles. The van der Waals surface area contributed by atoms with Gasteiger partial charge in [0.1, 0.15) is 6.04 Å². The second kappa shape index (κ2) is 7.66. The van der Waals surface area contributed by atoms with Crippen LogP contribution < -0.4 is 0 Å². The van der Waals surface area contributed by atoms with Crippen molar-refractivity contribution in [1.29, 1.82) is 0 Å².